The normalized spacial score (nSPS) is 14.8. The third-order valence-corrected chi connectivity index (χ3v) is 3.21. The van der Waals surface area contributed by atoms with Crippen LogP contribution in [0.4, 0.5) is 5.69 Å². The van der Waals surface area contributed by atoms with Crippen molar-refractivity contribution in [3.63, 3.8) is 0 Å². The number of carbonyl (C=O) groups is 1. The number of allylic oxidation sites excluding steroid dienone is 3. The number of carbonyl (C=O) groups excluding carboxylic acids is 1. The summed E-state index contributed by atoms with van der Waals surface area (Å²) >= 11 is 0. The maximum Gasteiger partial charge on any atom is 0.258 e. The topological polar surface area (TPSA) is 55.1 Å². The highest BCUT2D eigenvalue weighted by Crippen LogP contribution is 2.19. The molecule has 1 amide bonds. The molecule has 1 aliphatic rings. The van der Waals surface area contributed by atoms with Crippen LogP contribution in [0.1, 0.15) is 35.7 Å². The zero-order chi connectivity index (χ0) is 13.1. The first-order chi connectivity index (χ1) is 8.59. The summed E-state index contributed by atoms with van der Waals surface area (Å²) in [5.41, 5.74) is 9.95. The van der Waals surface area contributed by atoms with Gasteiger partial charge in [-0.3, -0.25) is 4.79 Å². The summed E-state index contributed by atoms with van der Waals surface area (Å²) in [5, 5.41) is 2.94. The quantitative estimate of drug-likeness (QED) is 0.783. The van der Waals surface area contributed by atoms with E-state index in [0.717, 1.165) is 24.1 Å². The molecule has 3 nitrogen and oxygen atoms in total. The number of aryl methyl sites for hydroxylation is 1. The summed E-state index contributed by atoms with van der Waals surface area (Å²) in [6.07, 6.45) is 6.07. The maximum atomic E-state index is 12.2. The molecule has 94 valence electrons. The van der Waals surface area contributed by atoms with Gasteiger partial charge < -0.3 is 11.1 Å². The predicted molar refractivity (Wildman–Crippen MR) is 74.1 cm³/mol. The number of amides is 1. The van der Waals surface area contributed by atoms with E-state index < -0.39 is 0 Å². The minimum atomic E-state index is -0.133. The second-order valence-electron chi connectivity index (χ2n) is 4.63. The molecule has 0 unspecified atom stereocenters. The van der Waals surface area contributed by atoms with Gasteiger partial charge in [-0.2, -0.15) is 0 Å². The van der Waals surface area contributed by atoms with Crippen LogP contribution in [-0.4, -0.2) is 5.91 Å². The van der Waals surface area contributed by atoms with E-state index in [-0.39, 0.29) is 5.91 Å². The van der Waals surface area contributed by atoms with E-state index in [2.05, 4.69) is 11.4 Å². The van der Waals surface area contributed by atoms with E-state index in [9.17, 15) is 4.79 Å². The van der Waals surface area contributed by atoms with E-state index in [1.54, 1.807) is 6.07 Å². The summed E-state index contributed by atoms with van der Waals surface area (Å²) < 4.78 is 0. The molecule has 0 aliphatic heterocycles. The van der Waals surface area contributed by atoms with Gasteiger partial charge in [0.05, 0.1) is 5.56 Å². The van der Waals surface area contributed by atoms with E-state index >= 15 is 0 Å². The molecule has 0 saturated heterocycles. The molecule has 1 aromatic carbocycles. The third kappa shape index (κ3) is 2.45. The van der Waals surface area contributed by atoms with Crippen LogP contribution in [0.3, 0.4) is 0 Å². The Morgan fingerprint density at radius 2 is 2.11 bits per heavy atom. The van der Waals surface area contributed by atoms with Gasteiger partial charge in [0.25, 0.3) is 5.91 Å². The Morgan fingerprint density at radius 1 is 1.33 bits per heavy atom. The van der Waals surface area contributed by atoms with Crippen molar-refractivity contribution in [2.45, 2.75) is 26.7 Å². The second kappa shape index (κ2) is 5.08. The summed E-state index contributed by atoms with van der Waals surface area (Å²) in [6, 6.07) is 5.50. The Labute approximate surface area is 107 Å². The fourth-order valence-electron chi connectivity index (χ4n) is 2.11. The average molecular weight is 242 g/mol. The van der Waals surface area contributed by atoms with Gasteiger partial charge in [-0.1, -0.05) is 18.2 Å². The number of benzene rings is 1. The lowest BCUT2D eigenvalue weighted by Crippen LogP contribution is -2.25. The Hall–Kier alpha value is -2.03. The lowest BCUT2D eigenvalue weighted by atomic mass is 10.0. The molecular formula is C15H18N2O. The molecule has 0 fully saturated rings. The van der Waals surface area contributed by atoms with Crippen molar-refractivity contribution in [3.05, 3.63) is 52.7 Å². The van der Waals surface area contributed by atoms with Crippen LogP contribution in [0.15, 0.2) is 41.6 Å². The number of nitrogen functional groups attached to an aromatic ring is 1. The minimum Gasteiger partial charge on any atom is -0.398 e. The van der Waals surface area contributed by atoms with Crippen LogP contribution in [0, 0.1) is 6.92 Å². The Bertz CT molecular complexity index is 521. The van der Waals surface area contributed by atoms with Gasteiger partial charge in [-0.15, -0.1) is 0 Å². The van der Waals surface area contributed by atoms with E-state index in [1.165, 1.54) is 5.57 Å². The predicted octanol–water partition coefficient (Wildman–Crippen LogP) is 2.93. The molecule has 0 spiro atoms. The zero-order valence-corrected chi connectivity index (χ0v) is 10.8. The largest absolute Gasteiger partial charge is 0.398 e. The minimum absolute atomic E-state index is 0.133. The van der Waals surface area contributed by atoms with Crippen LogP contribution in [0.5, 0.6) is 0 Å². The summed E-state index contributed by atoms with van der Waals surface area (Å²) in [4.78, 5) is 12.2. The van der Waals surface area contributed by atoms with E-state index in [0.29, 0.717) is 11.3 Å². The first-order valence-electron chi connectivity index (χ1n) is 6.12. The van der Waals surface area contributed by atoms with E-state index in [4.69, 9.17) is 5.73 Å². The number of rotatable bonds is 2. The molecule has 1 aliphatic carbocycles. The van der Waals surface area contributed by atoms with Crippen molar-refractivity contribution >= 4 is 11.6 Å². The maximum absolute atomic E-state index is 12.2. The van der Waals surface area contributed by atoms with Crippen LogP contribution in [0.2, 0.25) is 0 Å². The molecule has 3 heteroatoms. The number of hydrogen-bond acceptors (Lipinski definition) is 2. The molecule has 3 N–H and O–H groups in total. The van der Waals surface area contributed by atoms with E-state index in [1.807, 2.05) is 32.1 Å². The first-order valence-corrected chi connectivity index (χ1v) is 6.12. The van der Waals surface area contributed by atoms with Gasteiger partial charge >= 0.3 is 0 Å². The van der Waals surface area contributed by atoms with Crippen molar-refractivity contribution in [2.24, 2.45) is 0 Å². The molecule has 2 rings (SSSR count). The molecule has 1 aromatic rings. The van der Waals surface area contributed by atoms with Gasteiger partial charge in [0.2, 0.25) is 0 Å². The highest BCUT2D eigenvalue weighted by atomic mass is 16.1. The molecule has 0 atom stereocenters. The van der Waals surface area contributed by atoms with Crippen molar-refractivity contribution in [2.75, 3.05) is 5.73 Å². The zero-order valence-electron chi connectivity index (χ0n) is 10.8. The van der Waals surface area contributed by atoms with Gasteiger partial charge in [0.15, 0.2) is 0 Å². The van der Waals surface area contributed by atoms with Gasteiger partial charge in [-0.05, 0) is 50.0 Å². The molecule has 0 aromatic heterocycles. The first kappa shape index (κ1) is 12.4. The smallest absolute Gasteiger partial charge is 0.258 e. The standard InChI is InChI=1S/C15H18N2O/c1-10-6-3-4-9-13(10)17-15(18)14-11(2)7-5-8-12(14)16/h4-5,7-9H,3,6,16H2,1-2H3,(H,17,18). The highest BCUT2D eigenvalue weighted by molar-refractivity contribution is 6.01. The monoisotopic (exact) mass is 242 g/mol. The van der Waals surface area contributed by atoms with Crippen LogP contribution in [0.25, 0.3) is 0 Å². The van der Waals surface area contributed by atoms with Crippen LogP contribution < -0.4 is 11.1 Å². The molecular weight excluding hydrogens is 224 g/mol. The van der Waals surface area contributed by atoms with Gasteiger partial charge in [0, 0.05) is 11.4 Å². The fraction of sp³-hybridized carbons (Fsp3) is 0.267. The van der Waals surface area contributed by atoms with Crippen molar-refractivity contribution in [1.82, 2.24) is 5.32 Å². The van der Waals surface area contributed by atoms with Crippen molar-refractivity contribution in [3.8, 4) is 0 Å². The number of nitrogens with one attached hydrogen (secondary N) is 1. The van der Waals surface area contributed by atoms with Crippen molar-refractivity contribution in [1.29, 1.82) is 0 Å². The van der Waals surface area contributed by atoms with Crippen LogP contribution in [-0.2, 0) is 0 Å². The van der Waals surface area contributed by atoms with Crippen LogP contribution >= 0.6 is 0 Å². The number of anilines is 1. The fourth-order valence-corrected chi connectivity index (χ4v) is 2.11. The SMILES string of the molecule is CC1=C(NC(=O)c2c(C)cccc2N)C=CCC1. The van der Waals surface area contributed by atoms with Gasteiger partial charge in [-0.25, -0.2) is 0 Å². The summed E-state index contributed by atoms with van der Waals surface area (Å²) in [7, 11) is 0. The molecule has 18 heavy (non-hydrogen) atoms. The average Bonchev–Trinajstić information content (AvgIpc) is 2.32. The van der Waals surface area contributed by atoms with Crippen molar-refractivity contribution < 1.29 is 4.79 Å². The molecule has 0 saturated carbocycles. The second-order valence-corrected chi connectivity index (χ2v) is 4.63. The number of nitrogens with two attached hydrogens (primary N) is 1. The number of hydrogen-bond donors (Lipinski definition) is 2. The Morgan fingerprint density at radius 3 is 2.78 bits per heavy atom. The lowest BCUT2D eigenvalue weighted by Gasteiger charge is -2.15. The molecule has 0 bridgehead atoms. The Balaban J connectivity index is 2.25. The summed E-state index contributed by atoms with van der Waals surface area (Å²) in [5.74, 6) is -0.133. The molecule has 0 heterocycles. The van der Waals surface area contributed by atoms with Gasteiger partial charge in [0.1, 0.15) is 0 Å². The molecule has 0 radical (unpaired) electrons. The third-order valence-electron chi connectivity index (χ3n) is 3.21. The Kier molecular flexibility index (Phi) is 3.51. The highest BCUT2D eigenvalue weighted by Gasteiger charge is 2.14. The lowest BCUT2D eigenvalue weighted by molar-refractivity contribution is 0.0967. The summed E-state index contributed by atoms with van der Waals surface area (Å²) in [6.45, 7) is 3.93.